The summed E-state index contributed by atoms with van der Waals surface area (Å²) in [6.07, 6.45) is 6.66. The van der Waals surface area contributed by atoms with E-state index in [0.717, 1.165) is 24.3 Å². The van der Waals surface area contributed by atoms with Crippen LogP contribution in [0.4, 0.5) is 0 Å². The summed E-state index contributed by atoms with van der Waals surface area (Å²) < 4.78 is 5.66. The molecule has 4 heteroatoms. The fourth-order valence-corrected chi connectivity index (χ4v) is 1.98. The summed E-state index contributed by atoms with van der Waals surface area (Å²) in [6, 6.07) is 7.71. The second kappa shape index (κ2) is 9.29. The molecule has 0 aromatic heterocycles. The second-order valence-corrected chi connectivity index (χ2v) is 5.40. The largest absolute Gasteiger partial charge is 0.494 e. The number of nitrogens with two attached hydrogens (primary N) is 1. The molecule has 0 unspecified atom stereocenters. The van der Waals surface area contributed by atoms with Gasteiger partial charge in [0.1, 0.15) is 23.9 Å². The molecule has 21 heavy (non-hydrogen) atoms. The number of carbonyl (C=O) groups excluding carboxylic acids is 2. The lowest BCUT2D eigenvalue weighted by Gasteiger charge is -2.15. The van der Waals surface area contributed by atoms with E-state index in [9.17, 15) is 9.59 Å². The summed E-state index contributed by atoms with van der Waals surface area (Å²) in [6.45, 7) is 2.92. The average Bonchev–Trinajstić information content (AvgIpc) is 2.53. The number of ether oxygens (including phenoxy) is 1. The van der Waals surface area contributed by atoms with Gasteiger partial charge in [0.15, 0.2) is 0 Å². The maximum absolute atomic E-state index is 10.8. The van der Waals surface area contributed by atoms with Crippen molar-refractivity contribution in [3.8, 4) is 5.75 Å². The minimum atomic E-state index is -1.37. The number of hydrogen-bond acceptors (Lipinski definition) is 4. The van der Waals surface area contributed by atoms with E-state index in [1.54, 1.807) is 0 Å². The van der Waals surface area contributed by atoms with Crippen LogP contribution in [0.1, 0.15) is 44.6 Å². The zero-order chi connectivity index (χ0) is 15.6. The van der Waals surface area contributed by atoms with Crippen LogP contribution < -0.4 is 10.5 Å². The molecule has 0 bridgehead atoms. The van der Waals surface area contributed by atoms with E-state index in [4.69, 9.17) is 10.5 Å². The van der Waals surface area contributed by atoms with Gasteiger partial charge in [0, 0.05) is 0 Å². The van der Waals surface area contributed by atoms with Crippen LogP contribution in [0.25, 0.3) is 0 Å². The highest BCUT2D eigenvalue weighted by atomic mass is 16.5. The maximum atomic E-state index is 10.8. The molecule has 0 aliphatic heterocycles. The van der Waals surface area contributed by atoms with Gasteiger partial charge in [-0.3, -0.25) is 0 Å². The third-order valence-corrected chi connectivity index (χ3v) is 3.48. The molecule has 0 saturated heterocycles. The van der Waals surface area contributed by atoms with Gasteiger partial charge in [-0.25, -0.2) is 0 Å². The number of unbranched alkanes of at least 4 members (excludes halogenated alkanes) is 3. The molecule has 1 rings (SSSR count). The van der Waals surface area contributed by atoms with Crippen molar-refractivity contribution in [1.29, 1.82) is 0 Å². The van der Waals surface area contributed by atoms with Gasteiger partial charge < -0.3 is 20.1 Å². The number of aryl methyl sites for hydroxylation is 1. The first kappa shape index (κ1) is 17.4. The zero-order valence-electron chi connectivity index (χ0n) is 12.7. The predicted octanol–water partition coefficient (Wildman–Crippen LogP) is 2.67. The Kier molecular flexibility index (Phi) is 7.69. The van der Waals surface area contributed by atoms with Gasteiger partial charge in [-0.2, -0.15) is 0 Å². The first-order valence-electron chi connectivity index (χ1n) is 7.57. The monoisotopic (exact) mass is 291 g/mol. The molecular formula is C17H25NO3. The fraction of sp³-hybridized carbons (Fsp3) is 0.529. The quantitative estimate of drug-likeness (QED) is 0.386. The number of hydrogen-bond donors (Lipinski definition) is 1. The first-order valence-corrected chi connectivity index (χ1v) is 7.57. The highest BCUT2D eigenvalue weighted by molar-refractivity contribution is 5.88. The summed E-state index contributed by atoms with van der Waals surface area (Å²) in [7, 11) is 0. The van der Waals surface area contributed by atoms with Crippen molar-refractivity contribution in [2.45, 2.75) is 51.0 Å². The van der Waals surface area contributed by atoms with Crippen LogP contribution in [-0.4, -0.2) is 24.7 Å². The van der Waals surface area contributed by atoms with Crippen molar-refractivity contribution in [3.05, 3.63) is 29.8 Å². The van der Waals surface area contributed by atoms with Crippen LogP contribution >= 0.6 is 0 Å². The fourth-order valence-electron chi connectivity index (χ4n) is 1.98. The third-order valence-electron chi connectivity index (χ3n) is 3.48. The van der Waals surface area contributed by atoms with Gasteiger partial charge in [-0.1, -0.05) is 38.3 Å². The third kappa shape index (κ3) is 6.54. The van der Waals surface area contributed by atoms with Crippen molar-refractivity contribution in [2.75, 3.05) is 6.61 Å². The second-order valence-electron chi connectivity index (χ2n) is 5.40. The van der Waals surface area contributed by atoms with E-state index in [0.29, 0.717) is 25.4 Å². The normalized spacial score (nSPS) is 11.1. The Balaban J connectivity index is 2.36. The first-order chi connectivity index (χ1) is 10.1. The molecule has 0 aliphatic rings. The van der Waals surface area contributed by atoms with Crippen LogP contribution in [0, 0.1) is 0 Å². The molecule has 0 atom stereocenters. The van der Waals surface area contributed by atoms with Gasteiger partial charge in [0.2, 0.25) is 0 Å². The van der Waals surface area contributed by atoms with E-state index in [1.807, 2.05) is 24.3 Å². The molecule has 116 valence electrons. The van der Waals surface area contributed by atoms with E-state index in [-0.39, 0.29) is 0 Å². The van der Waals surface area contributed by atoms with Crippen molar-refractivity contribution in [1.82, 2.24) is 0 Å². The van der Waals surface area contributed by atoms with Crippen molar-refractivity contribution >= 4 is 12.6 Å². The molecule has 0 aliphatic carbocycles. The summed E-state index contributed by atoms with van der Waals surface area (Å²) >= 11 is 0. The predicted molar refractivity (Wildman–Crippen MR) is 83.4 cm³/mol. The lowest BCUT2D eigenvalue weighted by atomic mass is 9.95. The van der Waals surface area contributed by atoms with E-state index < -0.39 is 5.54 Å². The Morgan fingerprint density at radius 2 is 1.76 bits per heavy atom. The minimum Gasteiger partial charge on any atom is -0.494 e. The lowest BCUT2D eigenvalue weighted by molar-refractivity contribution is -0.121. The number of benzene rings is 1. The van der Waals surface area contributed by atoms with E-state index in [2.05, 4.69) is 6.92 Å². The molecule has 1 aromatic rings. The molecule has 0 heterocycles. The molecule has 0 amide bonds. The Hall–Kier alpha value is -1.68. The van der Waals surface area contributed by atoms with Crippen LogP contribution in [0.5, 0.6) is 5.75 Å². The summed E-state index contributed by atoms with van der Waals surface area (Å²) in [5.74, 6) is 0.847. The topological polar surface area (TPSA) is 69.4 Å². The van der Waals surface area contributed by atoms with E-state index >= 15 is 0 Å². The molecule has 0 spiro atoms. The average molecular weight is 291 g/mol. The standard InChI is InChI=1S/C17H25NO3/c1-2-3-4-5-12-21-16-8-6-15(7-9-16)10-11-17(18,13-19)14-20/h6-9,13-14H,2-5,10-12,18H2,1H3. The summed E-state index contributed by atoms with van der Waals surface area (Å²) in [5.41, 5.74) is 5.29. The highest BCUT2D eigenvalue weighted by Crippen LogP contribution is 2.15. The molecule has 0 radical (unpaired) electrons. The molecule has 2 N–H and O–H groups in total. The maximum Gasteiger partial charge on any atom is 0.147 e. The number of carbonyl (C=O) groups is 2. The number of aldehydes is 2. The van der Waals surface area contributed by atoms with Crippen LogP contribution in [-0.2, 0) is 16.0 Å². The smallest absolute Gasteiger partial charge is 0.147 e. The van der Waals surface area contributed by atoms with Crippen LogP contribution in [0.2, 0.25) is 0 Å². The summed E-state index contributed by atoms with van der Waals surface area (Å²) in [4.78, 5) is 21.5. The van der Waals surface area contributed by atoms with E-state index in [1.165, 1.54) is 19.3 Å². The lowest BCUT2D eigenvalue weighted by Crippen LogP contribution is -2.43. The zero-order valence-corrected chi connectivity index (χ0v) is 12.7. The Labute approximate surface area is 126 Å². The molecule has 4 nitrogen and oxygen atoms in total. The minimum absolute atomic E-state index is 0.317. The Bertz CT molecular complexity index is 420. The van der Waals surface area contributed by atoms with Gasteiger partial charge in [-0.15, -0.1) is 0 Å². The molecule has 1 aromatic carbocycles. The SMILES string of the molecule is CCCCCCOc1ccc(CCC(N)(C=O)C=O)cc1. The van der Waals surface area contributed by atoms with Crippen molar-refractivity contribution in [2.24, 2.45) is 5.73 Å². The van der Waals surface area contributed by atoms with Crippen molar-refractivity contribution in [3.63, 3.8) is 0 Å². The van der Waals surface area contributed by atoms with Crippen LogP contribution in [0.15, 0.2) is 24.3 Å². The highest BCUT2D eigenvalue weighted by Gasteiger charge is 2.22. The Morgan fingerprint density at radius 1 is 1.10 bits per heavy atom. The van der Waals surface area contributed by atoms with Crippen LogP contribution in [0.3, 0.4) is 0 Å². The number of rotatable bonds is 11. The summed E-state index contributed by atoms with van der Waals surface area (Å²) in [5, 5.41) is 0. The molecule has 0 fully saturated rings. The molecule has 0 saturated carbocycles. The van der Waals surface area contributed by atoms with Gasteiger partial charge in [0.25, 0.3) is 0 Å². The van der Waals surface area contributed by atoms with Crippen molar-refractivity contribution < 1.29 is 14.3 Å². The van der Waals surface area contributed by atoms with Gasteiger partial charge >= 0.3 is 0 Å². The van der Waals surface area contributed by atoms with Gasteiger partial charge in [-0.05, 0) is 37.0 Å². The molecular weight excluding hydrogens is 266 g/mol. The van der Waals surface area contributed by atoms with Gasteiger partial charge in [0.05, 0.1) is 6.61 Å². The Morgan fingerprint density at radius 3 is 2.33 bits per heavy atom.